The first-order valence-electron chi connectivity index (χ1n) is 6.97. The number of hydrogen-bond acceptors (Lipinski definition) is 3. The van der Waals surface area contributed by atoms with Crippen LogP contribution in [0.3, 0.4) is 0 Å². The highest BCUT2D eigenvalue weighted by atomic mass is 16.2. The molecule has 1 aliphatic carbocycles. The van der Waals surface area contributed by atoms with E-state index in [1.165, 1.54) is 4.57 Å². The largest absolute Gasteiger partial charge is 0.336 e. The summed E-state index contributed by atoms with van der Waals surface area (Å²) in [7, 11) is 0. The number of nitrogens with zero attached hydrogens (tertiary/aromatic N) is 2. The summed E-state index contributed by atoms with van der Waals surface area (Å²) in [5.74, 6) is 0.480. The van der Waals surface area contributed by atoms with Gasteiger partial charge >= 0.3 is 6.03 Å². The number of carbonyl (C=O) groups excluding carboxylic acids is 1. The number of hydrogen-bond donors (Lipinski definition) is 2. The molecule has 1 saturated carbocycles. The van der Waals surface area contributed by atoms with Gasteiger partial charge in [0.1, 0.15) is 0 Å². The van der Waals surface area contributed by atoms with Crippen LogP contribution in [0.15, 0.2) is 17.2 Å². The van der Waals surface area contributed by atoms with Crippen LogP contribution in [0.25, 0.3) is 0 Å². The van der Waals surface area contributed by atoms with E-state index in [1.807, 2.05) is 20.8 Å². The van der Waals surface area contributed by atoms with E-state index in [-0.39, 0.29) is 17.1 Å². The number of urea groups is 1. The number of amides is 2. The Bertz CT molecular complexity index is 541. The van der Waals surface area contributed by atoms with Gasteiger partial charge < -0.3 is 10.6 Å². The molecule has 1 aromatic heterocycles. The van der Waals surface area contributed by atoms with Crippen molar-refractivity contribution in [2.24, 2.45) is 0 Å². The fraction of sp³-hybridized carbons (Fsp3) is 0.643. The summed E-state index contributed by atoms with van der Waals surface area (Å²) in [6, 6.07) is 1.38. The molecule has 0 unspecified atom stereocenters. The molecule has 0 radical (unpaired) electrons. The predicted molar refractivity (Wildman–Crippen MR) is 76.8 cm³/mol. The van der Waals surface area contributed by atoms with E-state index in [4.69, 9.17) is 0 Å². The average Bonchev–Trinajstić information content (AvgIpc) is 3.12. The van der Waals surface area contributed by atoms with Gasteiger partial charge in [0.25, 0.3) is 5.56 Å². The minimum atomic E-state index is -0.269. The van der Waals surface area contributed by atoms with Gasteiger partial charge in [0.15, 0.2) is 0 Å². The van der Waals surface area contributed by atoms with Crippen LogP contribution >= 0.6 is 0 Å². The zero-order valence-electron chi connectivity index (χ0n) is 12.3. The standard InChI is InChI=1S/C14H22N4O2/c1-14(2,3)17-13(20)15-6-7-18-9-16-11(8-12(18)19)10-4-5-10/h8-10H,4-7H2,1-3H3,(H2,15,17,20). The van der Waals surface area contributed by atoms with Crippen LogP contribution in [0.4, 0.5) is 4.79 Å². The van der Waals surface area contributed by atoms with E-state index in [1.54, 1.807) is 12.4 Å². The average molecular weight is 278 g/mol. The van der Waals surface area contributed by atoms with Crippen molar-refractivity contribution in [1.29, 1.82) is 0 Å². The summed E-state index contributed by atoms with van der Waals surface area (Å²) in [6.07, 6.45) is 3.83. The van der Waals surface area contributed by atoms with Crippen LogP contribution in [-0.4, -0.2) is 27.7 Å². The molecule has 0 spiro atoms. The van der Waals surface area contributed by atoms with E-state index < -0.39 is 0 Å². The van der Waals surface area contributed by atoms with Gasteiger partial charge in [0, 0.05) is 30.6 Å². The summed E-state index contributed by atoms with van der Waals surface area (Å²) in [5.41, 5.74) is 0.568. The molecular formula is C14H22N4O2. The van der Waals surface area contributed by atoms with E-state index >= 15 is 0 Å². The third-order valence-corrected chi connectivity index (χ3v) is 3.02. The predicted octanol–water partition coefficient (Wildman–Crippen LogP) is 1.22. The summed E-state index contributed by atoms with van der Waals surface area (Å²) >= 11 is 0. The fourth-order valence-electron chi connectivity index (χ4n) is 1.88. The van der Waals surface area contributed by atoms with Crippen molar-refractivity contribution in [3.05, 3.63) is 28.4 Å². The molecule has 0 aromatic carbocycles. The minimum absolute atomic E-state index is 0.0556. The molecule has 110 valence electrons. The van der Waals surface area contributed by atoms with E-state index in [0.717, 1.165) is 18.5 Å². The molecule has 2 amide bonds. The molecule has 2 rings (SSSR count). The Morgan fingerprint density at radius 1 is 1.45 bits per heavy atom. The zero-order chi connectivity index (χ0) is 14.8. The molecule has 2 N–H and O–H groups in total. The Hall–Kier alpha value is -1.85. The second kappa shape index (κ2) is 5.64. The second-order valence-corrected chi connectivity index (χ2v) is 6.25. The fourth-order valence-corrected chi connectivity index (χ4v) is 1.88. The van der Waals surface area contributed by atoms with Gasteiger partial charge in [-0.1, -0.05) is 0 Å². The SMILES string of the molecule is CC(C)(C)NC(=O)NCCn1cnc(C2CC2)cc1=O. The van der Waals surface area contributed by atoms with Gasteiger partial charge in [0.05, 0.1) is 12.0 Å². The van der Waals surface area contributed by atoms with E-state index in [2.05, 4.69) is 15.6 Å². The number of aromatic nitrogens is 2. The molecule has 0 bridgehead atoms. The van der Waals surface area contributed by atoms with E-state index in [0.29, 0.717) is 19.0 Å². The van der Waals surface area contributed by atoms with Crippen LogP contribution in [0.1, 0.15) is 45.2 Å². The lowest BCUT2D eigenvalue weighted by Crippen LogP contribution is -2.47. The Kier molecular flexibility index (Phi) is 4.11. The molecule has 0 atom stereocenters. The Morgan fingerprint density at radius 3 is 2.70 bits per heavy atom. The van der Waals surface area contributed by atoms with Gasteiger partial charge in [0.2, 0.25) is 0 Å². The van der Waals surface area contributed by atoms with Crippen molar-refractivity contribution >= 4 is 6.03 Å². The van der Waals surface area contributed by atoms with Crippen LogP contribution in [0.2, 0.25) is 0 Å². The van der Waals surface area contributed by atoms with Crippen molar-refractivity contribution in [2.75, 3.05) is 6.54 Å². The van der Waals surface area contributed by atoms with Crippen LogP contribution in [0, 0.1) is 0 Å². The molecule has 1 aliphatic rings. The quantitative estimate of drug-likeness (QED) is 0.869. The molecular weight excluding hydrogens is 256 g/mol. The molecule has 20 heavy (non-hydrogen) atoms. The molecule has 6 heteroatoms. The maximum absolute atomic E-state index is 11.9. The highest BCUT2D eigenvalue weighted by molar-refractivity contribution is 5.74. The van der Waals surface area contributed by atoms with E-state index in [9.17, 15) is 9.59 Å². The van der Waals surface area contributed by atoms with Gasteiger partial charge in [-0.3, -0.25) is 9.36 Å². The van der Waals surface area contributed by atoms with Crippen LogP contribution < -0.4 is 16.2 Å². The molecule has 0 saturated heterocycles. The number of nitrogens with one attached hydrogen (secondary N) is 2. The molecule has 1 aromatic rings. The third kappa shape index (κ3) is 4.36. The first kappa shape index (κ1) is 14.6. The first-order chi connectivity index (χ1) is 9.35. The first-order valence-corrected chi connectivity index (χ1v) is 6.97. The topological polar surface area (TPSA) is 76.0 Å². The molecule has 0 aliphatic heterocycles. The molecule has 6 nitrogen and oxygen atoms in total. The van der Waals surface area contributed by atoms with Gasteiger partial charge in [-0.15, -0.1) is 0 Å². The van der Waals surface area contributed by atoms with Crippen LogP contribution in [0.5, 0.6) is 0 Å². The van der Waals surface area contributed by atoms with Gasteiger partial charge in [-0.2, -0.15) is 0 Å². The minimum Gasteiger partial charge on any atom is -0.336 e. The Balaban J connectivity index is 1.82. The van der Waals surface area contributed by atoms with Gasteiger partial charge in [-0.05, 0) is 33.6 Å². The number of rotatable bonds is 4. The second-order valence-electron chi connectivity index (χ2n) is 6.25. The van der Waals surface area contributed by atoms with Crippen molar-refractivity contribution in [3.8, 4) is 0 Å². The summed E-state index contributed by atoms with van der Waals surface area (Å²) in [5, 5.41) is 5.53. The lowest BCUT2D eigenvalue weighted by Gasteiger charge is -2.20. The monoisotopic (exact) mass is 278 g/mol. The summed E-state index contributed by atoms with van der Waals surface area (Å²) in [6.45, 7) is 6.56. The van der Waals surface area contributed by atoms with Crippen molar-refractivity contribution in [3.63, 3.8) is 0 Å². The smallest absolute Gasteiger partial charge is 0.315 e. The Labute approximate surface area is 118 Å². The zero-order valence-corrected chi connectivity index (χ0v) is 12.3. The highest BCUT2D eigenvalue weighted by Crippen LogP contribution is 2.38. The van der Waals surface area contributed by atoms with Gasteiger partial charge in [-0.25, -0.2) is 9.78 Å². The summed E-state index contributed by atoms with van der Waals surface area (Å²) < 4.78 is 1.52. The maximum atomic E-state index is 11.9. The third-order valence-electron chi connectivity index (χ3n) is 3.02. The Morgan fingerprint density at radius 2 is 2.15 bits per heavy atom. The molecule has 1 heterocycles. The lowest BCUT2D eigenvalue weighted by molar-refractivity contribution is 0.231. The van der Waals surface area contributed by atoms with Crippen molar-refractivity contribution in [2.45, 2.75) is 51.6 Å². The lowest BCUT2D eigenvalue weighted by atomic mass is 10.1. The van der Waals surface area contributed by atoms with Crippen molar-refractivity contribution in [1.82, 2.24) is 20.2 Å². The number of carbonyl (C=O) groups is 1. The van der Waals surface area contributed by atoms with Crippen molar-refractivity contribution < 1.29 is 4.79 Å². The molecule has 1 fully saturated rings. The normalized spacial score (nSPS) is 14.9. The summed E-state index contributed by atoms with van der Waals surface area (Å²) in [4.78, 5) is 27.7. The highest BCUT2D eigenvalue weighted by Gasteiger charge is 2.25. The maximum Gasteiger partial charge on any atom is 0.315 e. The van der Waals surface area contributed by atoms with Crippen LogP contribution in [-0.2, 0) is 6.54 Å².